The van der Waals surface area contributed by atoms with Crippen molar-refractivity contribution < 1.29 is 17.9 Å². The molecule has 0 unspecified atom stereocenters. The SMILES string of the molecule is C[C@@H](Oc1cccc(C(F)(F)F)n1)c1ccnc(N)n1. The van der Waals surface area contributed by atoms with Crippen molar-refractivity contribution >= 4 is 5.95 Å². The summed E-state index contributed by atoms with van der Waals surface area (Å²) in [7, 11) is 0. The molecule has 2 aromatic heterocycles. The highest BCUT2D eigenvalue weighted by Crippen LogP contribution is 2.29. The molecule has 2 rings (SSSR count). The lowest BCUT2D eigenvalue weighted by Gasteiger charge is -2.14. The molecule has 0 saturated carbocycles. The number of nitrogen functional groups attached to an aromatic ring is 1. The Balaban J connectivity index is 2.18. The van der Waals surface area contributed by atoms with Gasteiger partial charge in [0, 0.05) is 12.3 Å². The number of nitrogens with zero attached hydrogens (tertiary/aromatic N) is 3. The molecule has 0 radical (unpaired) electrons. The number of hydrogen-bond donors (Lipinski definition) is 1. The van der Waals surface area contributed by atoms with E-state index in [0.29, 0.717) is 5.69 Å². The molecular weight excluding hydrogens is 273 g/mol. The fourth-order valence-electron chi connectivity index (χ4n) is 1.49. The minimum Gasteiger partial charge on any atom is -0.468 e. The van der Waals surface area contributed by atoms with Crippen molar-refractivity contribution in [1.82, 2.24) is 15.0 Å². The highest BCUT2D eigenvalue weighted by atomic mass is 19.4. The first-order valence-corrected chi connectivity index (χ1v) is 5.65. The van der Waals surface area contributed by atoms with E-state index in [1.807, 2.05) is 0 Å². The van der Waals surface area contributed by atoms with Gasteiger partial charge in [0.05, 0.1) is 5.69 Å². The van der Waals surface area contributed by atoms with Gasteiger partial charge in [-0.3, -0.25) is 0 Å². The monoisotopic (exact) mass is 284 g/mol. The van der Waals surface area contributed by atoms with Gasteiger partial charge in [-0.15, -0.1) is 0 Å². The average molecular weight is 284 g/mol. The fraction of sp³-hybridized carbons (Fsp3) is 0.250. The fourth-order valence-corrected chi connectivity index (χ4v) is 1.49. The lowest BCUT2D eigenvalue weighted by molar-refractivity contribution is -0.141. The quantitative estimate of drug-likeness (QED) is 0.937. The van der Waals surface area contributed by atoms with Gasteiger partial charge in [0.2, 0.25) is 11.8 Å². The molecule has 2 heterocycles. The standard InChI is InChI=1S/C12H11F3N4O/c1-7(8-5-6-17-11(16)18-8)20-10-4-2-3-9(19-10)12(13,14)15/h2-7H,1H3,(H2,16,17,18)/t7-/m1/s1. The Morgan fingerprint density at radius 3 is 2.60 bits per heavy atom. The van der Waals surface area contributed by atoms with E-state index in [-0.39, 0.29) is 11.8 Å². The maximum absolute atomic E-state index is 12.5. The van der Waals surface area contributed by atoms with Crippen LogP contribution < -0.4 is 10.5 Å². The van der Waals surface area contributed by atoms with Crippen LogP contribution in [0, 0.1) is 0 Å². The zero-order valence-corrected chi connectivity index (χ0v) is 10.4. The number of pyridine rings is 1. The number of halogens is 3. The summed E-state index contributed by atoms with van der Waals surface area (Å²) >= 11 is 0. The molecular formula is C12H11F3N4O. The van der Waals surface area contributed by atoms with Crippen LogP contribution in [0.15, 0.2) is 30.5 Å². The summed E-state index contributed by atoms with van der Waals surface area (Å²) in [5.74, 6) is -0.0699. The molecule has 0 aliphatic heterocycles. The minimum atomic E-state index is -4.51. The smallest absolute Gasteiger partial charge is 0.433 e. The van der Waals surface area contributed by atoms with Crippen molar-refractivity contribution in [3.8, 4) is 5.88 Å². The molecule has 0 aliphatic rings. The zero-order chi connectivity index (χ0) is 14.8. The van der Waals surface area contributed by atoms with E-state index in [0.717, 1.165) is 6.07 Å². The van der Waals surface area contributed by atoms with Crippen LogP contribution in [0.1, 0.15) is 24.4 Å². The number of aromatic nitrogens is 3. The van der Waals surface area contributed by atoms with E-state index in [1.54, 1.807) is 13.0 Å². The van der Waals surface area contributed by atoms with Crippen molar-refractivity contribution in [1.29, 1.82) is 0 Å². The van der Waals surface area contributed by atoms with E-state index in [1.165, 1.54) is 18.3 Å². The molecule has 2 N–H and O–H groups in total. The van der Waals surface area contributed by atoms with Crippen molar-refractivity contribution in [2.45, 2.75) is 19.2 Å². The third-order valence-electron chi connectivity index (χ3n) is 2.42. The summed E-state index contributed by atoms with van der Waals surface area (Å²) in [6.45, 7) is 1.63. The predicted octanol–water partition coefficient (Wildman–Crippen LogP) is 2.61. The van der Waals surface area contributed by atoms with Crippen molar-refractivity contribution in [2.75, 3.05) is 5.73 Å². The third kappa shape index (κ3) is 3.34. The van der Waals surface area contributed by atoms with Crippen LogP contribution in [0.2, 0.25) is 0 Å². The summed E-state index contributed by atoms with van der Waals surface area (Å²) in [5.41, 5.74) is 4.87. The molecule has 20 heavy (non-hydrogen) atoms. The van der Waals surface area contributed by atoms with E-state index in [4.69, 9.17) is 10.5 Å². The van der Waals surface area contributed by atoms with E-state index in [2.05, 4.69) is 15.0 Å². The molecule has 0 spiro atoms. The molecule has 0 amide bonds. The number of hydrogen-bond acceptors (Lipinski definition) is 5. The first-order valence-electron chi connectivity index (χ1n) is 5.65. The largest absolute Gasteiger partial charge is 0.468 e. The Hall–Kier alpha value is -2.38. The maximum atomic E-state index is 12.5. The Bertz CT molecular complexity index is 603. The lowest BCUT2D eigenvalue weighted by Crippen LogP contribution is -2.11. The maximum Gasteiger partial charge on any atom is 0.433 e. The van der Waals surface area contributed by atoms with Gasteiger partial charge in [-0.1, -0.05) is 6.07 Å². The van der Waals surface area contributed by atoms with Gasteiger partial charge < -0.3 is 10.5 Å². The van der Waals surface area contributed by atoms with Crippen LogP contribution in [-0.4, -0.2) is 15.0 Å². The topological polar surface area (TPSA) is 73.9 Å². The van der Waals surface area contributed by atoms with Gasteiger partial charge in [-0.05, 0) is 19.1 Å². The first-order chi connectivity index (χ1) is 9.36. The highest BCUT2D eigenvalue weighted by molar-refractivity contribution is 5.21. The van der Waals surface area contributed by atoms with Crippen molar-refractivity contribution in [3.63, 3.8) is 0 Å². The van der Waals surface area contributed by atoms with E-state index >= 15 is 0 Å². The van der Waals surface area contributed by atoms with Crippen LogP contribution in [0.5, 0.6) is 5.88 Å². The molecule has 106 valence electrons. The Morgan fingerprint density at radius 1 is 1.20 bits per heavy atom. The second kappa shape index (κ2) is 5.32. The second-order valence-corrected chi connectivity index (χ2v) is 3.96. The predicted molar refractivity (Wildman–Crippen MR) is 64.7 cm³/mol. The van der Waals surface area contributed by atoms with Crippen LogP contribution in [0.4, 0.5) is 19.1 Å². The van der Waals surface area contributed by atoms with Gasteiger partial charge in [0.1, 0.15) is 11.8 Å². The molecule has 2 aromatic rings. The molecule has 0 bridgehead atoms. The van der Waals surface area contributed by atoms with Crippen LogP contribution in [0.3, 0.4) is 0 Å². The molecule has 0 aliphatic carbocycles. The Kier molecular flexibility index (Phi) is 3.73. The molecule has 5 nitrogen and oxygen atoms in total. The van der Waals surface area contributed by atoms with E-state index < -0.39 is 18.0 Å². The third-order valence-corrected chi connectivity index (χ3v) is 2.42. The van der Waals surface area contributed by atoms with Crippen molar-refractivity contribution in [2.24, 2.45) is 0 Å². The number of alkyl halides is 3. The molecule has 0 saturated heterocycles. The normalized spacial score (nSPS) is 13.0. The summed E-state index contributed by atoms with van der Waals surface area (Å²) in [4.78, 5) is 11.1. The number of ether oxygens (including phenoxy) is 1. The number of anilines is 1. The zero-order valence-electron chi connectivity index (χ0n) is 10.4. The Morgan fingerprint density at radius 2 is 1.95 bits per heavy atom. The molecule has 0 fully saturated rings. The lowest BCUT2D eigenvalue weighted by atomic mass is 10.3. The van der Waals surface area contributed by atoms with Gasteiger partial charge in [0.25, 0.3) is 0 Å². The van der Waals surface area contributed by atoms with Gasteiger partial charge in [-0.25, -0.2) is 15.0 Å². The summed E-state index contributed by atoms with van der Waals surface area (Å²) in [6, 6.07) is 5.01. The summed E-state index contributed by atoms with van der Waals surface area (Å²) in [6.07, 6.45) is -3.67. The van der Waals surface area contributed by atoms with Gasteiger partial charge >= 0.3 is 6.18 Å². The summed E-state index contributed by atoms with van der Waals surface area (Å²) < 4.78 is 42.9. The Labute approximate surface area is 112 Å². The first kappa shape index (κ1) is 14.0. The van der Waals surface area contributed by atoms with Crippen molar-refractivity contribution in [3.05, 3.63) is 41.9 Å². The molecule has 8 heteroatoms. The van der Waals surface area contributed by atoms with Gasteiger partial charge in [0.15, 0.2) is 0 Å². The number of rotatable bonds is 3. The van der Waals surface area contributed by atoms with Crippen LogP contribution in [-0.2, 0) is 6.18 Å². The highest BCUT2D eigenvalue weighted by Gasteiger charge is 2.32. The van der Waals surface area contributed by atoms with Gasteiger partial charge in [-0.2, -0.15) is 13.2 Å². The molecule has 0 aromatic carbocycles. The minimum absolute atomic E-state index is 0.0648. The van der Waals surface area contributed by atoms with Crippen LogP contribution >= 0.6 is 0 Å². The number of nitrogens with two attached hydrogens (primary N) is 1. The second-order valence-electron chi connectivity index (χ2n) is 3.96. The summed E-state index contributed by atoms with van der Waals surface area (Å²) in [5, 5.41) is 0. The van der Waals surface area contributed by atoms with Crippen LogP contribution in [0.25, 0.3) is 0 Å². The average Bonchev–Trinajstić information content (AvgIpc) is 2.38. The van der Waals surface area contributed by atoms with E-state index in [9.17, 15) is 13.2 Å². The molecule has 1 atom stereocenters.